The van der Waals surface area contributed by atoms with Crippen molar-refractivity contribution in [2.45, 2.75) is 0 Å². The Morgan fingerprint density at radius 1 is 1.16 bits per heavy atom. The van der Waals surface area contributed by atoms with Gasteiger partial charge in [-0.3, -0.25) is 4.79 Å². The Kier molecular flexibility index (Phi) is 3.71. The second-order valence-corrected chi connectivity index (χ2v) is 4.65. The summed E-state index contributed by atoms with van der Waals surface area (Å²) in [6.45, 7) is 0. The summed E-state index contributed by atoms with van der Waals surface area (Å²) in [5.41, 5.74) is 11.4. The minimum atomic E-state index is -0.579. The van der Waals surface area contributed by atoms with E-state index in [1.807, 2.05) is 0 Å². The molecule has 0 heterocycles. The zero-order valence-corrected chi connectivity index (χ0v) is 11.3. The summed E-state index contributed by atoms with van der Waals surface area (Å²) in [7, 11) is 0. The van der Waals surface area contributed by atoms with Gasteiger partial charge in [-0.2, -0.15) is 0 Å². The summed E-state index contributed by atoms with van der Waals surface area (Å²) >= 11 is 3.24. The van der Waals surface area contributed by atoms with Gasteiger partial charge in [0.1, 0.15) is 17.3 Å². The number of nitrogen functional groups attached to an aromatic ring is 1. The van der Waals surface area contributed by atoms with Crippen molar-refractivity contribution in [1.29, 1.82) is 0 Å². The quantitative estimate of drug-likeness (QED) is 0.851. The van der Waals surface area contributed by atoms with Gasteiger partial charge in [-0.15, -0.1) is 0 Å². The van der Waals surface area contributed by atoms with Crippen molar-refractivity contribution >= 4 is 27.5 Å². The fourth-order valence-corrected chi connectivity index (χ4v) is 1.80. The van der Waals surface area contributed by atoms with Crippen LogP contribution in [0, 0.1) is 5.82 Å². The van der Waals surface area contributed by atoms with E-state index in [0.717, 1.165) is 0 Å². The highest BCUT2D eigenvalue weighted by molar-refractivity contribution is 9.10. The molecule has 1 amide bonds. The molecule has 0 aliphatic heterocycles. The first kappa shape index (κ1) is 13.4. The standard InChI is InChI=1S/C13H10BrFN2O2/c14-9-3-2-8(15)6-12(9)19-11-4-1-7(13(17)18)5-10(11)16/h1-6H,16H2,(H2,17,18). The normalized spacial score (nSPS) is 10.2. The smallest absolute Gasteiger partial charge is 0.248 e. The van der Waals surface area contributed by atoms with Crippen LogP contribution in [0.1, 0.15) is 10.4 Å². The molecule has 0 spiro atoms. The largest absolute Gasteiger partial charge is 0.454 e. The summed E-state index contributed by atoms with van der Waals surface area (Å²) in [6.07, 6.45) is 0. The number of halogens is 2. The molecular weight excluding hydrogens is 315 g/mol. The van der Waals surface area contributed by atoms with Crippen LogP contribution in [0.25, 0.3) is 0 Å². The molecule has 4 nitrogen and oxygen atoms in total. The van der Waals surface area contributed by atoms with Crippen molar-refractivity contribution in [2.75, 3.05) is 5.73 Å². The van der Waals surface area contributed by atoms with E-state index >= 15 is 0 Å². The van der Waals surface area contributed by atoms with Crippen LogP contribution in [0.5, 0.6) is 11.5 Å². The van der Waals surface area contributed by atoms with E-state index in [9.17, 15) is 9.18 Å². The lowest BCUT2D eigenvalue weighted by molar-refractivity contribution is 0.100. The van der Waals surface area contributed by atoms with E-state index in [1.54, 1.807) is 0 Å². The second kappa shape index (κ2) is 5.27. The number of amides is 1. The molecule has 0 bridgehead atoms. The number of carbonyl (C=O) groups is 1. The van der Waals surface area contributed by atoms with Gasteiger partial charge >= 0.3 is 0 Å². The third kappa shape index (κ3) is 3.03. The number of benzene rings is 2. The Labute approximate surface area is 117 Å². The maximum absolute atomic E-state index is 13.1. The Hall–Kier alpha value is -2.08. The van der Waals surface area contributed by atoms with Crippen molar-refractivity contribution in [3.05, 3.63) is 52.3 Å². The van der Waals surface area contributed by atoms with Gasteiger partial charge in [0.25, 0.3) is 0 Å². The molecule has 0 saturated heterocycles. The van der Waals surface area contributed by atoms with Crippen molar-refractivity contribution in [3.63, 3.8) is 0 Å². The summed E-state index contributed by atoms with van der Waals surface area (Å²) in [4.78, 5) is 11.0. The SMILES string of the molecule is NC(=O)c1ccc(Oc2cc(F)ccc2Br)c(N)c1. The van der Waals surface area contributed by atoms with Crippen LogP contribution in [-0.2, 0) is 0 Å². The summed E-state index contributed by atoms with van der Waals surface area (Å²) < 4.78 is 19.2. The summed E-state index contributed by atoms with van der Waals surface area (Å²) in [6, 6.07) is 8.46. The lowest BCUT2D eigenvalue weighted by Gasteiger charge is -2.10. The van der Waals surface area contributed by atoms with Gasteiger partial charge < -0.3 is 16.2 Å². The molecule has 0 atom stereocenters. The summed E-state index contributed by atoms with van der Waals surface area (Å²) in [5.74, 6) is -0.398. The number of hydrogen-bond donors (Lipinski definition) is 2. The zero-order chi connectivity index (χ0) is 14.0. The summed E-state index contributed by atoms with van der Waals surface area (Å²) in [5, 5.41) is 0. The highest BCUT2D eigenvalue weighted by Gasteiger charge is 2.09. The first-order valence-electron chi connectivity index (χ1n) is 5.29. The molecule has 0 aliphatic carbocycles. The number of hydrogen-bond acceptors (Lipinski definition) is 3. The van der Waals surface area contributed by atoms with Gasteiger partial charge in [0, 0.05) is 11.6 Å². The number of ether oxygens (including phenoxy) is 1. The molecule has 19 heavy (non-hydrogen) atoms. The van der Waals surface area contributed by atoms with Crippen molar-refractivity contribution in [1.82, 2.24) is 0 Å². The second-order valence-electron chi connectivity index (χ2n) is 3.79. The van der Waals surface area contributed by atoms with Gasteiger partial charge in [-0.25, -0.2) is 4.39 Å². The van der Waals surface area contributed by atoms with Crippen LogP contribution < -0.4 is 16.2 Å². The van der Waals surface area contributed by atoms with Gasteiger partial charge in [0.2, 0.25) is 5.91 Å². The molecule has 98 valence electrons. The minimum absolute atomic E-state index is 0.243. The first-order chi connectivity index (χ1) is 8.97. The molecule has 2 aromatic carbocycles. The zero-order valence-electron chi connectivity index (χ0n) is 9.69. The number of anilines is 1. The molecule has 0 saturated carbocycles. The molecule has 2 rings (SSSR count). The Bertz CT molecular complexity index is 647. The Morgan fingerprint density at radius 3 is 2.53 bits per heavy atom. The van der Waals surface area contributed by atoms with Crippen LogP contribution >= 0.6 is 15.9 Å². The predicted molar refractivity (Wildman–Crippen MR) is 73.5 cm³/mol. The molecule has 2 aromatic rings. The van der Waals surface area contributed by atoms with Crippen LogP contribution in [0.3, 0.4) is 0 Å². The third-order valence-corrected chi connectivity index (χ3v) is 3.06. The monoisotopic (exact) mass is 324 g/mol. The van der Waals surface area contributed by atoms with Crippen molar-refractivity contribution < 1.29 is 13.9 Å². The van der Waals surface area contributed by atoms with E-state index in [4.69, 9.17) is 16.2 Å². The van der Waals surface area contributed by atoms with E-state index in [-0.39, 0.29) is 11.3 Å². The molecular formula is C13H10BrFN2O2. The fourth-order valence-electron chi connectivity index (χ4n) is 1.47. The molecule has 0 aliphatic rings. The lowest BCUT2D eigenvalue weighted by atomic mass is 10.2. The number of rotatable bonds is 3. The van der Waals surface area contributed by atoms with Gasteiger partial charge in [0.05, 0.1) is 10.2 Å². The van der Waals surface area contributed by atoms with E-state index in [2.05, 4.69) is 15.9 Å². The van der Waals surface area contributed by atoms with Crippen LogP contribution in [0.4, 0.5) is 10.1 Å². The highest BCUT2D eigenvalue weighted by atomic mass is 79.9. The fraction of sp³-hybridized carbons (Fsp3) is 0. The van der Waals surface area contributed by atoms with Crippen molar-refractivity contribution in [3.8, 4) is 11.5 Å². The van der Waals surface area contributed by atoms with Crippen LogP contribution in [0.15, 0.2) is 40.9 Å². The average molecular weight is 325 g/mol. The molecule has 6 heteroatoms. The first-order valence-corrected chi connectivity index (χ1v) is 6.09. The molecule has 0 radical (unpaired) electrons. The topological polar surface area (TPSA) is 78.3 Å². The Morgan fingerprint density at radius 2 is 1.89 bits per heavy atom. The van der Waals surface area contributed by atoms with E-state index in [0.29, 0.717) is 16.0 Å². The number of primary amides is 1. The number of carbonyl (C=O) groups excluding carboxylic acids is 1. The van der Waals surface area contributed by atoms with Gasteiger partial charge in [-0.05, 0) is 46.3 Å². The van der Waals surface area contributed by atoms with Crippen molar-refractivity contribution in [2.24, 2.45) is 5.73 Å². The van der Waals surface area contributed by atoms with Gasteiger partial charge in [-0.1, -0.05) is 0 Å². The van der Waals surface area contributed by atoms with Gasteiger partial charge in [0.15, 0.2) is 0 Å². The minimum Gasteiger partial charge on any atom is -0.454 e. The molecule has 0 aromatic heterocycles. The van der Waals surface area contributed by atoms with E-state index in [1.165, 1.54) is 36.4 Å². The molecule has 0 unspecified atom stereocenters. The highest BCUT2D eigenvalue weighted by Crippen LogP contribution is 2.33. The van der Waals surface area contributed by atoms with E-state index < -0.39 is 11.7 Å². The van der Waals surface area contributed by atoms with Crippen LogP contribution in [-0.4, -0.2) is 5.91 Å². The molecule has 4 N–H and O–H groups in total. The maximum Gasteiger partial charge on any atom is 0.248 e. The average Bonchev–Trinajstić information content (AvgIpc) is 2.36. The van der Waals surface area contributed by atoms with Crippen LogP contribution in [0.2, 0.25) is 0 Å². The Balaban J connectivity index is 2.33. The number of nitrogens with two attached hydrogens (primary N) is 2. The maximum atomic E-state index is 13.1. The lowest BCUT2D eigenvalue weighted by Crippen LogP contribution is -2.11. The molecule has 0 fully saturated rings. The third-order valence-electron chi connectivity index (χ3n) is 2.41. The predicted octanol–water partition coefficient (Wildman–Crippen LogP) is 3.06.